The summed E-state index contributed by atoms with van der Waals surface area (Å²) in [5.74, 6) is 1.05. The third kappa shape index (κ3) is 7.99. The van der Waals surface area contributed by atoms with E-state index < -0.39 is 5.60 Å². The van der Waals surface area contributed by atoms with Crippen molar-refractivity contribution in [1.29, 1.82) is 0 Å². The minimum absolute atomic E-state index is 0.183. The van der Waals surface area contributed by atoms with E-state index in [0.29, 0.717) is 11.8 Å². The molecule has 1 aliphatic rings. The molecule has 0 aromatic heterocycles. The summed E-state index contributed by atoms with van der Waals surface area (Å²) in [6.45, 7) is 11.7. The van der Waals surface area contributed by atoms with E-state index in [-0.39, 0.29) is 12.7 Å². The highest BCUT2D eigenvalue weighted by Gasteiger charge is 2.26. The van der Waals surface area contributed by atoms with Crippen LogP contribution in [0.4, 0.5) is 4.79 Å². The summed E-state index contributed by atoms with van der Waals surface area (Å²) in [4.78, 5) is 13.8. The zero-order valence-electron chi connectivity index (χ0n) is 14.7. The third-order valence-corrected chi connectivity index (χ3v) is 4.06. The van der Waals surface area contributed by atoms with Crippen LogP contribution in [0, 0.1) is 11.8 Å². The number of nitrogens with one attached hydrogen (secondary N) is 1. The van der Waals surface area contributed by atoms with Crippen molar-refractivity contribution >= 4 is 6.09 Å². The highest BCUT2D eigenvalue weighted by Crippen LogP contribution is 2.19. The summed E-state index contributed by atoms with van der Waals surface area (Å²) < 4.78 is 5.41. The number of carbonyl (C=O) groups excluding carboxylic acids is 1. The number of nitrogens with zero attached hydrogens (tertiary/aromatic N) is 1. The van der Waals surface area contributed by atoms with Gasteiger partial charge < -0.3 is 20.1 Å². The second kappa shape index (κ2) is 9.36. The average Bonchev–Trinajstić information content (AvgIpc) is 2.45. The fraction of sp³-hybridized carbons (Fsp3) is 0.941. The molecular formula is C17H34N2O3. The van der Waals surface area contributed by atoms with Crippen molar-refractivity contribution in [3.8, 4) is 0 Å². The molecule has 1 aliphatic heterocycles. The molecule has 5 heteroatoms. The van der Waals surface area contributed by atoms with Crippen LogP contribution in [0.25, 0.3) is 0 Å². The molecule has 130 valence electrons. The first kappa shape index (κ1) is 19.2. The van der Waals surface area contributed by atoms with Crippen molar-refractivity contribution < 1.29 is 14.6 Å². The quantitative estimate of drug-likeness (QED) is 0.709. The molecule has 0 saturated carbocycles. The molecular weight excluding hydrogens is 280 g/mol. The van der Waals surface area contributed by atoms with Gasteiger partial charge in [-0.3, -0.25) is 0 Å². The Morgan fingerprint density at radius 2 is 2.00 bits per heavy atom. The third-order valence-electron chi connectivity index (χ3n) is 4.06. The Balaban J connectivity index is 2.11. The van der Waals surface area contributed by atoms with Crippen LogP contribution in [-0.4, -0.2) is 54.5 Å². The highest BCUT2D eigenvalue weighted by atomic mass is 16.6. The molecule has 0 bridgehead atoms. The monoisotopic (exact) mass is 314 g/mol. The van der Waals surface area contributed by atoms with Gasteiger partial charge in [-0.05, 0) is 71.4 Å². The number of ether oxygens (including phenoxy) is 1. The number of piperidine rings is 1. The number of likely N-dealkylation sites (tertiary alicyclic amines) is 1. The smallest absolute Gasteiger partial charge is 0.410 e. The van der Waals surface area contributed by atoms with Gasteiger partial charge in [0.2, 0.25) is 0 Å². The van der Waals surface area contributed by atoms with Gasteiger partial charge in [-0.15, -0.1) is 0 Å². The Morgan fingerprint density at radius 1 is 1.36 bits per heavy atom. The van der Waals surface area contributed by atoms with Crippen LogP contribution in [-0.2, 0) is 4.74 Å². The average molecular weight is 314 g/mol. The van der Waals surface area contributed by atoms with Crippen LogP contribution in [0.5, 0.6) is 0 Å². The van der Waals surface area contributed by atoms with E-state index in [1.807, 2.05) is 25.7 Å². The number of hydrogen-bond donors (Lipinski definition) is 2. The zero-order valence-corrected chi connectivity index (χ0v) is 14.7. The fourth-order valence-electron chi connectivity index (χ4n) is 2.62. The maximum atomic E-state index is 12.0. The van der Waals surface area contributed by atoms with Crippen LogP contribution in [0.3, 0.4) is 0 Å². The molecule has 1 rings (SSSR count). The SMILES string of the molecule is CC(CO)CCCNCC1CCN(C(=O)OC(C)(C)C)CC1. The fourth-order valence-corrected chi connectivity index (χ4v) is 2.62. The van der Waals surface area contributed by atoms with Crippen LogP contribution in [0.2, 0.25) is 0 Å². The molecule has 1 unspecified atom stereocenters. The lowest BCUT2D eigenvalue weighted by atomic mass is 9.97. The predicted octanol–water partition coefficient (Wildman–Crippen LogP) is 2.63. The molecule has 1 amide bonds. The van der Waals surface area contributed by atoms with Gasteiger partial charge in [0.1, 0.15) is 5.60 Å². The number of aliphatic hydroxyl groups is 1. The summed E-state index contributed by atoms with van der Waals surface area (Å²) in [6.07, 6.45) is 4.08. The van der Waals surface area contributed by atoms with Crippen molar-refractivity contribution in [2.24, 2.45) is 11.8 Å². The molecule has 1 saturated heterocycles. The van der Waals surface area contributed by atoms with Crippen LogP contribution in [0.1, 0.15) is 53.4 Å². The first-order chi connectivity index (χ1) is 10.3. The van der Waals surface area contributed by atoms with Crippen LogP contribution >= 0.6 is 0 Å². The number of rotatable bonds is 7. The van der Waals surface area contributed by atoms with Crippen LogP contribution < -0.4 is 5.32 Å². The van der Waals surface area contributed by atoms with Gasteiger partial charge >= 0.3 is 6.09 Å². The molecule has 1 atom stereocenters. The molecule has 0 spiro atoms. The number of hydrogen-bond acceptors (Lipinski definition) is 4. The number of amides is 1. The Kier molecular flexibility index (Phi) is 8.18. The van der Waals surface area contributed by atoms with E-state index in [4.69, 9.17) is 9.84 Å². The van der Waals surface area contributed by atoms with Gasteiger partial charge in [0.15, 0.2) is 0 Å². The maximum Gasteiger partial charge on any atom is 0.410 e. The van der Waals surface area contributed by atoms with Gasteiger partial charge in [0, 0.05) is 19.7 Å². The summed E-state index contributed by atoms with van der Waals surface area (Å²) in [6, 6.07) is 0. The van der Waals surface area contributed by atoms with Gasteiger partial charge in [-0.25, -0.2) is 4.79 Å². The second-order valence-electron chi connectivity index (χ2n) is 7.54. The summed E-state index contributed by atoms with van der Waals surface area (Å²) >= 11 is 0. The molecule has 0 radical (unpaired) electrons. The van der Waals surface area contributed by atoms with Crippen molar-refractivity contribution in [3.63, 3.8) is 0 Å². The lowest BCUT2D eigenvalue weighted by molar-refractivity contribution is 0.0184. The lowest BCUT2D eigenvalue weighted by Gasteiger charge is -2.33. The van der Waals surface area contributed by atoms with Crippen molar-refractivity contribution in [3.05, 3.63) is 0 Å². The first-order valence-corrected chi connectivity index (χ1v) is 8.61. The Hall–Kier alpha value is -0.810. The standard InChI is InChI=1S/C17H34N2O3/c1-14(13-20)6-5-9-18-12-15-7-10-19(11-8-15)16(21)22-17(2,3)4/h14-15,18,20H,5-13H2,1-4H3. The predicted molar refractivity (Wildman–Crippen MR) is 88.9 cm³/mol. The topological polar surface area (TPSA) is 61.8 Å². The minimum Gasteiger partial charge on any atom is -0.444 e. The van der Waals surface area contributed by atoms with E-state index in [2.05, 4.69) is 12.2 Å². The van der Waals surface area contributed by atoms with E-state index in [1.54, 1.807) is 0 Å². The molecule has 2 N–H and O–H groups in total. The first-order valence-electron chi connectivity index (χ1n) is 8.61. The van der Waals surface area contributed by atoms with Gasteiger partial charge in [-0.1, -0.05) is 6.92 Å². The number of aliphatic hydroxyl groups excluding tert-OH is 1. The normalized spacial score (nSPS) is 18.3. The largest absolute Gasteiger partial charge is 0.444 e. The summed E-state index contributed by atoms with van der Waals surface area (Å²) in [5, 5.41) is 12.5. The Labute approximate surface area is 135 Å². The Morgan fingerprint density at radius 3 is 2.55 bits per heavy atom. The second-order valence-corrected chi connectivity index (χ2v) is 7.54. The van der Waals surface area contributed by atoms with Crippen molar-refractivity contribution in [2.45, 2.75) is 59.0 Å². The summed E-state index contributed by atoms with van der Waals surface area (Å²) in [5.41, 5.74) is -0.415. The zero-order chi connectivity index (χ0) is 16.6. The summed E-state index contributed by atoms with van der Waals surface area (Å²) in [7, 11) is 0. The molecule has 0 aliphatic carbocycles. The minimum atomic E-state index is -0.415. The van der Waals surface area contributed by atoms with Gasteiger partial charge in [-0.2, -0.15) is 0 Å². The Bertz CT molecular complexity index is 320. The lowest BCUT2D eigenvalue weighted by Crippen LogP contribution is -2.43. The van der Waals surface area contributed by atoms with E-state index in [0.717, 1.165) is 51.9 Å². The van der Waals surface area contributed by atoms with E-state index in [1.165, 1.54) is 0 Å². The molecule has 5 nitrogen and oxygen atoms in total. The molecule has 1 fully saturated rings. The molecule has 0 aromatic rings. The molecule has 22 heavy (non-hydrogen) atoms. The van der Waals surface area contributed by atoms with E-state index >= 15 is 0 Å². The highest BCUT2D eigenvalue weighted by molar-refractivity contribution is 5.68. The van der Waals surface area contributed by atoms with Crippen LogP contribution in [0.15, 0.2) is 0 Å². The van der Waals surface area contributed by atoms with Gasteiger partial charge in [0.05, 0.1) is 0 Å². The van der Waals surface area contributed by atoms with Gasteiger partial charge in [0.25, 0.3) is 0 Å². The molecule has 0 aromatic carbocycles. The molecule has 1 heterocycles. The maximum absolute atomic E-state index is 12.0. The van der Waals surface area contributed by atoms with Crippen molar-refractivity contribution in [2.75, 3.05) is 32.8 Å². The van der Waals surface area contributed by atoms with Crippen molar-refractivity contribution in [1.82, 2.24) is 10.2 Å². The van der Waals surface area contributed by atoms with E-state index in [9.17, 15) is 4.79 Å². The number of carbonyl (C=O) groups is 1.